The molecule has 1 amide bonds. The third-order valence-corrected chi connectivity index (χ3v) is 3.80. The molecule has 3 rings (SSSR count). The van der Waals surface area contributed by atoms with Crippen LogP contribution in [-0.4, -0.2) is 34.0 Å². The van der Waals surface area contributed by atoms with Gasteiger partial charge in [-0.15, -0.1) is 0 Å². The number of carbonyl (C=O) groups excluding carboxylic acids is 1. The van der Waals surface area contributed by atoms with E-state index in [1.54, 1.807) is 18.0 Å². The van der Waals surface area contributed by atoms with Crippen LogP contribution >= 0.6 is 0 Å². The number of carboxylic acid groups (broad SMARTS) is 1. The number of aromatic nitrogens is 2. The van der Waals surface area contributed by atoms with Gasteiger partial charge >= 0.3 is 5.97 Å². The molecule has 0 spiro atoms. The predicted octanol–water partition coefficient (Wildman–Crippen LogP) is 2.25. The van der Waals surface area contributed by atoms with Crippen LogP contribution in [0.25, 0.3) is 12.2 Å². The molecule has 1 aromatic heterocycles. The molecule has 116 valence electrons. The molecule has 1 N–H and O–H groups in total. The monoisotopic (exact) mass is 309 g/mol. The van der Waals surface area contributed by atoms with Crippen molar-refractivity contribution in [3.63, 3.8) is 0 Å². The highest BCUT2D eigenvalue weighted by Gasteiger charge is 2.20. The molecule has 0 bridgehead atoms. The maximum absolute atomic E-state index is 11.7. The molecule has 2 aromatic rings. The van der Waals surface area contributed by atoms with E-state index in [-0.39, 0.29) is 11.6 Å². The van der Waals surface area contributed by atoms with Crippen molar-refractivity contribution in [1.82, 2.24) is 9.97 Å². The molecule has 0 unspecified atom stereocenters. The van der Waals surface area contributed by atoms with Crippen LogP contribution < -0.4 is 4.90 Å². The van der Waals surface area contributed by atoms with Crippen molar-refractivity contribution in [2.45, 2.75) is 12.8 Å². The first-order valence-electron chi connectivity index (χ1n) is 7.17. The second kappa shape index (κ2) is 6.00. The zero-order valence-electron chi connectivity index (χ0n) is 12.6. The van der Waals surface area contributed by atoms with Crippen molar-refractivity contribution in [3.8, 4) is 0 Å². The Bertz CT molecular complexity index is 814. The van der Waals surface area contributed by atoms with Gasteiger partial charge in [-0.1, -0.05) is 12.1 Å². The van der Waals surface area contributed by atoms with Crippen LogP contribution in [0.3, 0.4) is 0 Å². The molecular weight excluding hydrogens is 294 g/mol. The number of hydrogen-bond acceptors (Lipinski definition) is 4. The third kappa shape index (κ3) is 3.11. The lowest BCUT2D eigenvalue weighted by Crippen LogP contribution is -2.30. The summed E-state index contributed by atoms with van der Waals surface area (Å²) in [5.74, 6) is -0.952. The highest BCUT2D eigenvalue weighted by Crippen LogP contribution is 2.28. The fourth-order valence-electron chi connectivity index (χ4n) is 2.54. The van der Waals surface area contributed by atoms with Gasteiger partial charge < -0.3 is 10.0 Å². The Hall–Kier alpha value is -3.02. The Morgan fingerprint density at radius 2 is 2.04 bits per heavy atom. The normalized spacial score (nSPS) is 14.1. The van der Waals surface area contributed by atoms with Gasteiger partial charge in [-0.05, 0) is 41.8 Å². The van der Waals surface area contributed by atoms with Gasteiger partial charge in [-0.25, -0.2) is 14.8 Å². The largest absolute Gasteiger partial charge is 0.477 e. The smallest absolute Gasteiger partial charge is 0.354 e. The number of aromatic carboxylic acids is 1. The fourth-order valence-corrected chi connectivity index (χ4v) is 2.54. The number of fused-ring (bicyclic) bond motifs is 1. The van der Waals surface area contributed by atoms with Crippen LogP contribution in [0.2, 0.25) is 0 Å². The minimum atomic E-state index is -1.08. The molecule has 6 heteroatoms. The van der Waals surface area contributed by atoms with E-state index >= 15 is 0 Å². The van der Waals surface area contributed by atoms with Crippen molar-refractivity contribution in [2.75, 3.05) is 11.9 Å². The molecule has 0 atom stereocenters. The number of carbonyl (C=O) groups is 2. The lowest BCUT2D eigenvalue weighted by Gasteiger charge is -2.25. The third-order valence-electron chi connectivity index (χ3n) is 3.80. The first kappa shape index (κ1) is 14.9. The Balaban J connectivity index is 1.85. The molecule has 0 fully saturated rings. The zero-order chi connectivity index (χ0) is 16.4. The quantitative estimate of drug-likeness (QED) is 0.940. The minimum Gasteiger partial charge on any atom is -0.477 e. The van der Waals surface area contributed by atoms with Crippen LogP contribution in [-0.2, 0) is 11.2 Å². The predicted molar refractivity (Wildman–Crippen MR) is 86.1 cm³/mol. The van der Waals surface area contributed by atoms with E-state index in [9.17, 15) is 9.59 Å². The first-order chi connectivity index (χ1) is 11.0. The molecule has 23 heavy (non-hydrogen) atoms. The van der Waals surface area contributed by atoms with Crippen LogP contribution in [0.1, 0.15) is 33.7 Å². The van der Waals surface area contributed by atoms with Crippen molar-refractivity contribution < 1.29 is 14.7 Å². The van der Waals surface area contributed by atoms with Crippen LogP contribution in [0.5, 0.6) is 0 Å². The Kier molecular flexibility index (Phi) is 3.89. The number of anilines is 1. The summed E-state index contributed by atoms with van der Waals surface area (Å²) in [4.78, 5) is 32.0. The van der Waals surface area contributed by atoms with Crippen molar-refractivity contribution in [2.24, 2.45) is 0 Å². The number of amides is 1. The van der Waals surface area contributed by atoms with E-state index in [0.29, 0.717) is 12.1 Å². The molecule has 1 aromatic carbocycles. The van der Waals surface area contributed by atoms with E-state index in [4.69, 9.17) is 5.11 Å². The number of nitrogens with zero attached hydrogens (tertiary/aromatic N) is 3. The highest BCUT2D eigenvalue weighted by molar-refractivity contribution is 5.96. The molecule has 0 aliphatic carbocycles. The van der Waals surface area contributed by atoms with Gasteiger partial charge in [-0.2, -0.15) is 0 Å². The van der Waals surface area contributed by atoms with E-state index in [0.717, 1.165) is 23.2 Å². The lowest BCUT2D eigenvalue weighted by molar-refractivity contribution is -0.118. The maximum Gasteiger partial charge on any atom is 0.354 e. The van der Waals surface area contributed by atoms with E-state index < -0.39 is 5.97 Å². The number of aryl methyl sites for hydroxylation is 1. The molecule has 2 heterocycles. The van der Waals surface area contributed by atoms with Gasteiger partial charge in [0.05, 0.1) is 5.69 Å². The summed E-state index contributed by atoms with van der Waals surface area (Å²) < 4.78 is 0. The molecule has 1 aliphatic heterocycles. The van der Waals surface area contributed by atoms with Crippen molar-refractivity contribution >= 4 is 29.7 Å². The highest BCUT2D eigenvalue weighted by atomic mass is 16.4. The average Bonchev–Trinajstić information content (AvgIpc) is 2.56. The van der Waals surface area contributed by atoms with Crippen molar-refractivity contribution in [1.29, 1.82) is 0 Å². The van der Waals surface area contributed by atoms with Gasteiger partial charge in [0, 0.05) is 19.2 Å². The van der Waals surface area contributed by atoms with E-state index in [2.05, 4.69) is 9.97 Å². The van der Waals surface area contributed by atoms with Gasteiger partial charge in [0.1, 0.15) is 6.33 Å². The van der Waals surface area contributed by atoms with Crippen LogP contribution in [0, 0.1) is 0 Å². The number of rotatable bonds is 3. The Labute approximate surface area is 133 Å². The maximum atomic E-state index is 11.7. The molecular formula is C17H15N3O3. The van der Waals surface area contributed by atoms with Gasteiger partial charge in [-0.3, -0.25) is 4.79 Å². The molecule has 1 aliphatic rings. The van der Waals surface area contributed by atoms with E-state index in [1.165, 1.54) is 12.4 Å². The van der Waals surface area contributed by atoms with Crippen LogP contribution in [0.15, 0.2) is 30.6 Å². The molecule has 6 nitrogen and oxygen atoms in total. The number of carboxylic acids is 1. The summed E-state index contributed by atoms with van der Waals surface area (Å²) in [5.41, 5.74) is 3.53. The zero-order valence-corrected chi connectivity index (χ0v) is 12.6. The number of benzene rings is 1. The SMILES string of the molecule is CN1C(=O)CCc2cc(/C=C/c3cc(C(=O)O)ncn3)ccc21. The summed E-state index contributed by atoms with van der Waals surface area (Å²) in [5, 5.41) is 8.93. The van der Waals surface area contributed by atoms with Gasteiger partial charge in [0.25, 0.3) is 0 Å². The molecule has 0 saturated heterocycles. The standard InChI is InChI=1S/C17H15N3O3/c1-20-15-6-3-11(8-12(15)4-7-16(20)21)2-5-13-9-14(17(22)23)19-10-18-13/h2-3,5-6,8-10H,4,7H2,1H3,(H,22,23)/b5-2+. The summed E-state index contributed by atoms with van der Waals surface area (Å²) in [6, 6.07) is 7.30. The summed E-state index contributed by atoms with van der Waals surface area (Å²) in [6.45, 7) is 0. The van der Waals surface area contributed by atoms with Gasteiger partial charge in [0.15, 0.2) is 5.69 Å². The van der Waals surface area contributed by atoms with Crippen molar-refractivity contribution in [3.05, 3.63) is 53.1 Å². The van der Waals surface area contributed by atoms with Crippen LogP contribution in [0.4, 0.5) is 5.69 Å². The minimum absolute atomic E-state index is 0.0368. The Morgan fingerprint density at radius 1 is 1.22 bits per heavy atom. The summed E-state index contributed by atoms with van der Waals surface area (Å²) >= 11 is 0. The second-order valence-corrected chi connectivity index (χ2v) is 5.31. The van der Waals surface area contributed by atoms with Gasteiger partial charge in [0.2, 0.25) is 5.91 Å². The average molecular weight is 309 g/mol. The first-order valence-corrected chi connectivity index (χ1v) is 7.17. The second-order valence-electron chi connectivity index (χ2n) is 5.31. The molecule has 0 saturated carbocycles. The lowest BCUT2D eigenvalue weighted by atomic mass is 9.99. The summed E-state index contributed by atoms with van der Waals surface area (Å²) in [7, 11) is 1.78. The van der Waals surface area contributed by atoms with E-state index in [1.807, 2.05) is 24.3 Å². The molecule has 0 radical (unpaired) electrons. The number of hydrogen-bond donors (Lipinski definition) is 1. The summed E-state index contributed by atoms with van der Waals surface area (Å²) in [6.07, 6.45) is 6.09. The fraction of sp³-hybridized carbons (Fsp3) is 0.176. The topological polar surface area (TPSA) is 83.4 Å². The Morgan fingerprint density at radius 3 is 2.83 bits per heavy atom.